The number of guanidine groups is 1. The summed E-state index contributed by atoms with van der Waals surface area (Å²) >= 11 is 1.56. The molecule has 0 amide bonds. The fourth-order valence-corrected chi connectivity index (χ4v) is 2.25. The normalized spacial score (nSPS) is 28.5. The molecule has 0 aromatic rings. The number of nitrogens with two attached hydrogens (primary N) is 1. The molecule has 72 valence electrons. The van der Waals surface area contributed by atoms with Gasteiger partial charge in [-0.05, 0) is 12.3 Å². The van der Waals surface area contributed by atoms with Crippen molar-refractivity contribution in [1.29, 1.82) is 0 Å². The number of aliphatic imine (C=N–C) groups is 1. The topological polar surface area (TPSA) is 67.5 Å². The molecule has 0 fully saturated rings. The number of hydrogen-bond donors (Lipinski definition) is 2. The Hall–Kier alpha value is -0.970. The minimum atomic E-state index is -0.0923. The minimum absolute atomic E-state index is 0.00111. The second kappa shape index (κ2) is 4.32. The molecule has 0 aromatic carbocycles. The largest absolute Gasteiger partial charge is 0.370 e. The Morgan fingerprint density at radius 1 is 1.85 bits per heavy atom. The summed E-state index contributed by atoms with van der Waals surface area (Å²) < 4.78 is 0. The van der Waals surface area contributed by atoms with Gasteiger partial charge in [-0.2, -0.15) is 0 Å². The first-order chi connectivity index (χ1) is 6.19. The summed E-state index contributed by atoms with van der Waals surface area (Å²) in [6.45, 7) is 1.94. The van der Waals surface area contributed by atoms with Gasteiger partial charge in [-0.15, -0.1) is 11.8 Å². The molecule has 13 heavy (non-hydrogen) atoms. The molecule has 2 unspecified atom stereocenters. The van der Waals surface area contributed by atoms with Gasteiger partial charge in [0.05, 0.1) is 11.3 Å². The molecule has 5 heteroatoms. The van der Waals surface area contributed by atoms with Crippen molar-refractivity contribution in [2.45, 2.75) is 12.3 Å². The molecular weight excluding hydrogens is 186 g/mol. The monoisotopic (exact) mass is 199 g/mol. The molecule has 4 nitrogen and oxygen atoms in total. The number of nitrogens with zero attached hydrogens (tertiary/aromatic N) is 1. The third-order valence-electron chi connectivity index (χ3n) is 1.93. The van der Waals surface area contributed by atoms with E-state index in [1.165, 1.54) is 0 Å². The average molecular weight is 199 g/mol. The van der Waals surface area contributed by atoms with Gasteiger partial charge in [-0.3, -0.25) is 4.99 Å². The summed E-state index contributed by atoms with van der Waals surface area (Å²) in [5.41, 5.74) is 6.57. The number of carbonyl (C=O) groups excluding carboxylic acids is 1. The summed E-state index contributed by atoms with van der Waals surface area (Å²) in [6.07, 6.45) is 0.937. The minimum Gasteiger partial charge on any atom is -0.370 e. The van der Waals surface area contributed by atoms with Crippen molar-refractivity contribution < 1.29 is 4.79 Å². The summed E-state index contributed by atoms with van der Waals surface area (Å²) in [5.74, 6) is 0.276. The molecule has 1 rings (SSSR count). The molecule has 1 aliphatic rings. The smallest absolute Gasteiger partial charge is 0.189 e. The van der Waals surface area contributed by atoms with Crippen LogP contribution in [0.25, 0.3) is 0 Å². The summed E-state index contributed by atoms with van der Waals surface area (Å²) in [7, 11) is 1.61. The van der Waals surface area contributed by atoms with E-state index in [9.17, 15) is 4.79 Å². The number of carbonyl (C=O) groups is 1. The van der Waals surface area contributed by atoms with Crippen molar-refractivity contribution in [2.24, 2.45) is 16.6 Å². The standard InChI is InChI=1S/C8H13N3OS/c1-5-4-13-7(6(5)3-12)11-8(9)10-2/h3-4,6-7H,1-2H3,(H3,9,10,11). The van der Waals surface area contributed by atoms with Crippen molar-refractivity contribution >= 4 is 24.0 Å². The first-order valence-electron chi connectivity index (χ1n) is 3.95. The Morgan fingerprint density at radius 3 is 3.08 bits per heavy atom. The number of thioether (sulfide) groups is 1. The zero-order chi connectivity index (χ0) is 9.84. The second-order valence-corrected chi connectivity index (χ2v) is 3.85. The van der Waals surface area contributed by atoms with Crippen molar-refractivity contribution in [1.82, 2.24) is 5.32 Å². The van der Waals surface area contributed by atoms with Crippen LogP contribution in [0, 0.1) is 5.92 Å². The third-order valence-corrected chi connectivity index (χ3v) is 3.14. The van der Waals surface area contributed by atoms with E-state index in [-0.39, 0.29) is 11.3 Å². The van der Waals surface area contributed by atoms with E-state index in [0.29, 0.717) is 5.96 Å². The molecule has 0 aromatic heterocycles. The SMILES string of the molecule is CN=C(N)NC1SC=C(C)C1C=O. The van der Waals surface area contributed by atoms with Crippen LogP contribution in [0.4, 0.5) is 0 Å². The maximum atomic E-state index is 10.7. The van der Waals surface area contributed by atoms with Crippen LogP contribution in [0.15, 0.2) is 16.0 Å². The van der Waals surface area contributed by atoms with Crippen LogP contribution in [0.5, 0.6) is 0 Å². The highest BCUT2D eigenvalue weighted by Gasteiger charge is 2.27. The highest BCUT2D eigenvalue weighted by molar-refractivity contribution is 8.03. The second-order valence-electron chi connectivity index (χ2n) is 2.83. The van der Waals surface area contributed by atoms with E-state index in [0.717, 1.165) is 11.9 Å². The summed E-state index contributed by atoms with van der Waals surface area (Å²) in [6, 6.07) is 0. The zero-order valence-electron chi connectivity index (χ0n) is 7.65. The quantitative estimate of drug-likeness (QED) is 0.381. The van der Waals surface area contributed by atoms with Crippen LogP contribution in [0.1, 0.15) is 6.92 Å². The lowest BCUT2D eigenvalue weighted by Gasteiger charge is -2.17. The van der Waals surface area contributed by atoms with Crippen molar-refractivity contribution in [3.8, 4) is 0 Å². The van der Waals surface area contributed by atoms with Gasteiger partial charge in [0.15, 0.2) is 5.96 Å². The molecule has 0 radical (unpaired) electrons. The van der Waals surface area contributed by atoms with Crippen molar-refractivity contribution in [2.75, 3.05) is 7.05 Å². The number of rotatable bonds is 2. The first kappa shape index (κ1) is 10.1. The Morgan fingerprint density at radius 2 is 2.54 bits per heavy atom. The van der Waals surface area contributed by atoms with E-state index in [1.807, 2.05) is 12.3 Å². The predicted molar refractivity (Wildman–Crippen MR) is 55.4 cm³/mol. The molecule has 3 N–H and O–H groups in total. The van der Waals surface area contributed by atoms with E-state index in [2.05, 4.69) is 10.3 Å². The molecule has 0 saturated carbocycles. The number of aldehydes is 1. The van der Waals surface area contributed by atoms with Gasteiger partial charge in [-0.25, -0.2) is 0 Å². The molecular formula is C8H13N3OS. The van der Waals surface area contributed by atoms with Crippen LogP contribution >= 0.6 is 11.8 Å². The van der Waals surface area contributed by atoms with Crippen molar-refractivity contribution in [3.05, 3.63) is 11.0 Å². The molecule has 2 atom stereocenters. The number of nitrogens with one attached hydrogen (secondary N) is 1. The first-order valence-corrected chi connectivity index (χ1v) is 4.89. The summed E-state index contributed by atoms with van der Waals surface area (Å²) in [4.78, 5) is 14.5. The maximum absolute atomic E-state index is 10.7. The Balaban J connectivity index is 2.59. The number of hydrogen-bond acceptors (Lipinski definition) is 3. The van der Waals surface area contributed by atoms with Crippen LogP contribution in [0.2, 0.25) is 0 Å². The van der Waals surface area contributed by atoms with E-state index < -0.39 is 0 Å². The Bertz CT molecular complexity index is 262. The lowest BCUT2D eigenvalue weighted by Crippen LogP contribution is -2.41. The van der Waals surface area contributed by atoms with Gasteiger partial charge in [0.2, 0.25) is 0 Å². The van der Waals surface area contributed by atoms with Gasteiger partial charge < -0.3 is 15.8 Å². The zero-order valence-corrected chi connectivity index (χ0v) is 8.47. The molecule has 1 heterocycles. The van der Waals surface area contributed by atoms with Crippen LogP contribution < -0.4 is 11.1 Å². The van der Waals surface area contributed by atoms with E-state index >= 15 is 0 Å². The highest BCUT2D eigenvalue weighted by atomic mass is 32.2. The lowest BCUT2D eigenvalue weighted by molar-refractivity contribution is -0.110. The molecule has 0 spiro atoms. The van der Waals surface area contributed by atoms with E-state index in [4.69, 9.17) is 5.73 Å². The fourth-order valence-electron chi connectivity index (χ4n) is 1.10. The van der Waals surface area contributed by atoms with E-state index in [1.54, 1.807) is 18.8 Å². The molecule has 0 bridgehead atoms. The summed E-state index contributed by atoms with van der Waals surface area (Å²) in [5, 5.41) is 4.94. The molecule has 0 saturated heterocycles. The predicted octanol–water partition coefficient (Wildman–Crippen LogP) is 0.312. The van der Waals surface area contributed by atoms with Gasteiger partial charge in [-0.1, -0.05) is 5.57 Å². The third kappa shape index (κ3) is 2.24. The lowest BCUT2D eigenvalue weighted by atomic mass is 10.0. The van der Waals surface area contributed by atoms with Crippen LogP contribution in [0.3, 0.4) is 0 Å². The highest BCUT2D eigenvalue weighted by Crippen LogP contribution is 2.32. The average Bonchev–Trinajstić information content (AvgIpc) is 2.46. The van der Waals surface area contributed by atoms with Gasteiger partial charge in [0, 0.05) is 7.05 Å². The van der Waals surface area contributed by atoms with Gasteiger partial charge in [0.25, 0.3) is 0 Å². The Kier molecular flexibility index (Phi) is 3.36. The van der Waals surface area contributed by atoms with Gasteiger partial charge >= 0.3 is 0 Å². The van der Waals surface area contributed by atoms with Crippen LogP contribution in [-0.4, -0.2) is 24.7 Å². The fraction of sp³-hybridized carbons (Fsp3) is 0.500. The maximum Gasteiger partial charge on any atom is 0.189 e. The van der Waals surface area contributed by atoms with Crippen LogP contribution in [-0.2, 0) is 4.79 Å². The molecule has 1 aliphatic heterocycles. The Labute approximate surface area is 81.7 Å². The van der Waals surface area contributed by atoms with Crippen molar-refractivity contribution in [3.63, 3.8) is 0 Å². The molecule has 0 aliphatic carbocycles. The van der Waals surface area contributed by atoms with Gasteiger partial charge in [0.1, 0.15) is 6.29 Å².